The predicted molar refractivity (Wildman–Crippen MR) is 60.4 cm³/mol. The first kappa shape index (κ1) is 10.6. The molecule has 3 heteroatoms. The van der Waals surface area contributed by atoms with E-state index < -0.39 is 0 Å². The van der Waals surface area contributed by atoms with E-state index in [2.05, 4.69) is 11.9 Å². The van der Waals surface area contributed by atoms with Crippen LogP contribution in [0, 0.1) is 0 Å². The maximum atomic E-state index is 11.9. The van der Waals surface area contributed by atoms with Crippen molar-refractivity contribution in [2.24, 2.45) is 0 Å². The van der Waals surface area contributed by atoms with Crippen molar-refractivity contribution in [2.75, 3.05) is 0 Å². The number of rotatable bonds is 4. The van der Waals surface area contributed by atoms with Crippen molar-refractivity contribution in [1.82, 2.24) is 4.98 Å². The van der Waals surface area contributed by atoms with E-state index in [0.29, 0.717) is 5.56 Å². The van der Waals surface area contributed by atoms with Crippen LogP contribution >= 0.6 is 0 Å². The second-order valence-corrected chi connectivity index (χ2v) is 3.58. The van der Waals surface area contributed by atoms with Gasteiger partial charge in [0.15, 0.2) is 0 Å². The third-order valence-corrected chi connectivity index (χ3v) is 2.28. The summed E-state index contributed by atoms with van der Waals surface area (Å²) in [6.45, 7) is 2.06. The summed E-state index contributed by atoms with van der Waals surface area (Å²) >= 11 is 0. The number of hydrogen-bond acceptors (Lipinski definition) is 3. The Morgan fingerprint density at radius 3 is 2.75 bits per heavy atom. The van der Waals surface area contributed by atoms with Gasteiger partial charge in [-0.15, -0.1) is 0 Å². The first-order valence-corrected chi connectivity index (χ1v) is 5.35. The molecule has 1 aromatic heterocycles. The molecule has 0 aliphatic heterocycles. The molecule has 0 radical (unpaired) electrons. The van der Waals surface area contributed by atoms with Gasteiger partial charge in [0.05, 0.1) is 6.20 Å². The Hall–Kier alpha value is -1.90. The molecule has 82 valence electrons. The van der Waals surface area contributed by atoms with Crippen LogP contribution in [0.3, 0.4) is 0 Å². The lowest BCUT2D eigenvalue weighted by Crippen LogP contribution is -2.00. The minimum atomic E-state index is -0.164. The Balaban J connectivity index is 2.21. The highest BCUT2D eigenvalue weighted by atomic mass is 16.4. The number of ketones is 1. The highest BCUT2D eigenvalue weighted by Gasteiger charge is 2.14. The van der Waals surface area contributed by atoms with Gasteiger partial charge in [-0.2, -0.15) is 0 Å². The molecule has 0 unspecified atom stereocenters. The number of benzene rings is 1. The highest BCUT2D eigenvalue weighted by Crippen LogP contribution is 2.11. The molecule has 0 aliphatic carbocycles. The van der Waals surface area contributed by atoms with E-state index in [0.717, 1.165) is 18.6 Å². The van der Waals surface area contributed by atoms with E-state index >= 15 is 0 Å². The molecule has 16 heavy (non-hydrogen) atoms. The number of aryl methyl sites for hydroxylation is 1. The predicted octanol–water partition coefficient (Wildman–Crippen LogP) is 2.86. The minimum Gasteiger partial charge on any atom is -0.439 e. The monoisotopic (exact) mass is 215 g/mol. The van der Waals surface area contributed by atoms with Crippen LogP contribution in [-0.4, -0.2) is 10.8 Å². The topological polar surface area (TPSA) is 43.1 Å². The highest BCUT2D eigenvalue weighted by molar-refractivity contribution is 6.05. The van der Waals surface area contributed by atoms with Gasteiger partial charge in [0.1, 0.15) is 5.76 Å². The van der Waals surface area contributed by atoms with Gasteiger partial charge < -0.3 is 4.42 Å². The minimum absolute atomic E-state index is 0.164. The first-order chi connectivity index (χ1) is 7.81. The van der Waals surface area contributed by atoms with Crippen LogP contribution in [0.5, 0.6) is 0 Å². The summed E-state index contributed by atoms with van der Waals surface area (Å²) in [6, 6.07) is 9.03. The molecule has 0 amide bonds. The van der Waals surface area contributed by atoms with Gasteiger partial charge in [-0.25, -0.2) is 4.98 Å². The molecule has 0 aliphatic rings. The summed E-state index contributed by atoms with van der Waals surface area (Å²) in [7, 11) is 0. The van der Waals surface area contributed by atoms with Crippen LogP contribution in [0.2, 0.25) is 0 Å². The van der Waals surface area contributed by atoms with Gasteiger partial charge in [-0.05, 0) is 6.42 Å². The van der Waals surface area contributed by atoms with Crippen LogP contribution in [0.15, 0.2) is 40.9 Å². The summed E-state index contributed by atoms with van der Waals surface area (Å²) in [5.74, 6) is 0.777. The van der Waals surface area contributed by atoms with Gasteiger partial charge in [-0.3, -0.25) is 4.79 Å². The number of aromatic nitrogens is 1. The quantitative estimate of drug-likeness (QED) is 0.736. The van der Waals surface area contributed by atoms with Crippen molar-refractivity contribution in [1.29, 1.82) is 0 Å². The van der Waals surface area contributed by atoms with Gasteiger partial charge in [0.25, 0.3) is 5.89 Å². The molecule has 0 N–H and O–H groups in total. The number of carbonyl (C=O) groups excluding carboxylic acids is 1. The Kier molecular flexibility index (Phi) is 3.15. The fourth-order valence-corrected chi connectivity index (χ4v) is 1.49. The lowest BCUT2D eigenvalue weighted by molar-refractivity contribution is 0.100. The Morgan fingerprint density at radius 1 is 1.31 bits per heavy atom. The average Bonchev–Trinajstić information content (AvgIpc) is 2.78. The second-order valence-electron chi connectivity index (χ2n) is 3.58. The summed E-state index contributed by atoms with van der Waals surface area (Å²) in [4.78, 5) is 15.9. The van der Waals surface area contributed by atoms with E-state index in [9.17, 15) is 4.79 Å². The molecular weight excluding hydrogens is 202 g/mol. The van der Waals surface area contributed by atoms with E-state index in [1.807, 2.05) is 18.2 Å². The van der Waals surface area contributed by atoms with Crippen molar-refractivity contribution >= 4 is 5.78 Å². The maximum absolute atomic E-state index is 11.9. The molecule has 2 rings (SSSR count). The normalized spacial score (nSPS) is 10.3. The molecule has 1 heterocycles. The molecular formula is C13H13NO2. The molecule has 0 spiro atoms. The molecule has 0 atom stereocenters. The second kappa shape index (κ2) is 4.75. The standard InChI is InChI=1S/C13H13NO2/c1-2-6-11-9-14-13(16-11)12(15)10-7-4-3-5-8-10/h3-5,7-9H,2,6H2,1H3. The zero-order chi connectivity index (χ0) is 11.4. The lowest BCUT2D eigenvalue weighted by atomic mass is 10.1. The Labute approximate surface area is 94.1 Å². The zero-order valence-electron chi connectivity index (χ0n) is 9.14. The smallest absolute Gasteiger partial charge is 0.268 e. The molecule has 0 saturated heterocycles. The Morgan fingerprint density at radius 2 is 2.06 bits per heavy atom. The number of hydrogen-bond donors (Lipinski definition) is 0. The summed E-state index contributed by atoms with van der Waals surface area (Å²) in [6.07, 6.45) is 3.42. The first-order valence-electron chi connectivity index (χ1n) is 5.35. The van der Waals surface area contributed by atoms with E-state index in [1.54, 1.807) is 18.3 Å². The van der Waals surface area contributed by atoms with Crippen molar-refractivity contribution < 1.29 is 9.21 Å². The number of oxazole rings is 1. The molecule has 0 fully saturated rings. The average molecular weight is 215 g/mol. The summed E-state index contributed by atoms with van der Waals surface area (Å²) < 4.78 is 5.38. The van der Waals surface area contributed by atoms with Gasteiger partial charge in [0.2, 0.25) is 5.78 Å². The SMILES string of the molecule is CCCc1cnc(C(=O)c2ccccc2)o1. The van der Waals surface area contributed by atoms with E-state index in [1.165, 1.54) is 0 Å². The fourth-order valence-electron chi connectivity index (χ4n) is 1.49. The lowest BCUT2D eigenvalue weighted by Gasteiger charge is -1.95. The molecule has 0 bridgehead atoms. The van der Waals surface area contributed by atoms with Crippen LogP contribution < -0.4 is 0 Å². The van der Waals surface area contributed by atoms with Crippen LogP contribution in [-0.2, 0) is 6.42 Å². The summed E-state index contributed by atoms with van der Waals surface area (Å²) in [5, 5.41) is 0. The zero-order valence-corrected chi connectivity index (χ0v) is 9.14. The van der Waals surface area contributed by atoms with Gasteiger partial charge in [-0.1, -0.05) is 37.3 Å². The van der Waals surface area contributed by atoms with Crippen molar-refractivity contribution in [3.05, 3.63) is 53.7 Å². The van der Waals surface area contributed by atoms with Gasteiger partial charge in [0, 0.05) is 12.0 Å². The van der Waals surface area contributed by atoms with Crippen LogP contribution in [0.1, 0.15) is 35.4 Å². The largest absolute Gasteiger partial charge is 0.439 e. The van der Waals surface area contributed by atoms with Crippen LogP contribution in [0.4, 0.5) is 0 Å². The fraction of sp³-hybridized carbons (Fsp3) is 0.231. The third-order valence-electron chi connectivity index (χ3n) is 2.28. The van der Waals surface area contributed by atoms with E-state index in [4.69, 9.17) is 4.42 Å². The van der Waals surface area contributed by atoms with E-state index in [-0.39, 0.29) is 11.7 Å². The molecule has 3 nitrogen and oxygen atoms in total. The third kappa shape index (κ3) is 2.19. The maximum Gasteiger partial charge on any atom is 0.268 e. The van der Waals surface area contributed by atoms with Crippen molar-refractivity contribution in [3.8, 4) is 0 Å². The van der Waals surface area contributed by atoms with Crippen LogP contribution in [0.25, 0.3) is 0 Å². The van der Waals surface area contributed by atoms with Crippen molar-refractivity contribution in [3.63, 3.8) is 0 Å². The number of nitrogens with zero attached hydrogens (tertiary/aromatic N) is 1. The molecule has 0 saturated carbocycles. The molecule has 1 aromatic carbocycles. The van der Waals surface area contributed by atoms with Crippen molar-refractivity contribution in [2.45, 2.75) is 19.8 Å². The number of carbonyl (C=O) groups is 1. The van der Waals surface area contributed by atoms with Gasteiger partial charge >= 0.3 is 0 Å². The summed E-state index contributed by atoms with van der Waals surface area (Å²) in [5.41, 5.74) is 0.604. The Bertz CT molecular complexity index is 474. The molecule has 2 aromatic rings.